The van der Waals surface area contributed by atoms with Crippen molar-refractivity contribution in [3.63, 3.8) is 0 Å². The van der Waals surface area contributed by atoms with Gasteiger partial charge in [-0.3, -0.25) is 0 Å². The molecule has 2 aliphatic rings. The van der Waals surface area contributed by atoms with Crippen molar-refractivity contribution in [2.24, 2.45) is 5.92 Å². The van der Waals surface area contributed by atoms with Gasteiger partial charge in [0.25, 0.3) is 0 Å². The average Bonchev–Trinajstić information content (AvgIpc) is 3.29. The average molecular weight is 460 g/mol. The van der Waals surface area contributed by atoms with Gasteiger partial charge in [0.2, 0.25) is 0 Å². The van der Waals surface area contributed by atoms with E-state index in [-0.39, 0.29) is 6.09 Å². The molecule has 1 aromatic rings. The van der Waals surface area contributed by atoms with Crippen LogP contribution in [0.25, 0.3) is 0 Å². The van der Waals surface area contributed by atoms with E-state index in [4.69, 9.17) is 14.6 Å². The smallest absolute Gasteiger partial charge is 0.475 e. The van der Waals surface area contributed by atoms with Crippen LogP contribution in [0.2, 0.25) is 0 Å². The van der Waals surface area contributed by atoms with E-state index in [1.807, 2.05) is 35.2 Å². The molecule has 0 spiro atoms. The van der Waals surface area contributed by atoms with Gasteiger partial charge in [-0.25, -0.2) is 9.59 Å². The molecular formula is C22H32F3N3O4. The van der Waals surface area contributed by atoms with Crippen molar-refractivity contribution in [2.45, 2.75) is 38.5 Å². The fraction of sp³-hybridized carbons (Fsp3) is 0.636. The summed E-state index contributed by atoms with van der Waals surface area (Å²) in [5.41, 5.74) is 1.04. The highest BCUT2D eigenvalue weighted by atomic mass is 19.4. The van der Waals surface area contributed by atoms with Crippen molar-refractivity contribution >= 4 is 12.1 Å². The highest BCUT2D eigenvalue weighted by molar-refractivity contribution is 5.73. The number of rotatable bonds is 7. The number of halogens is 3. The fourth-order valence-electron chi connectivity index (χ4n) is 3.69. The molecule has 2 N–H and O–H groups in total. The van der Waals surface area contributed by atoms with Crippen LogP contribution in [0, 0.1) is 5.92 Å². The minimum atomic E-state index is -5.08. The lowest BCUT2D eigenvalue weighted by atomic mass is 10.1. The number of nitrogens with zero attached hydrogens (tertiary/aromatic N) is 2. The molecule has 0 saturated carbocycles. The zero-order valence-corrected chi connectivity index (χ0v) is 18.1. The van der Waals surface area contributed by atoms with Gasteiger partial charge in [0.15, 0.2) is 0 Å². The number of likely N-dealkylation sites (tertiary alicyclic amines) is 1. The molecule has 180 valence electrons. The summed E-state index contributed by atoms with van der Waals surface area (Å²) >= 11 is 0. The maximum atomic E-state index is 12.6. The summed E-state index contributed by atoms with van der Waals surface area (Å²) in [5, 5.41) is 10.5. The second kappa shape index (κ2) is 13.3. The molecule has 1 unspecified atom stereocenters. The lowest BCUT2D eigenvalue weighted by Gasteiger charge is -2.30. The number of carboxylic acids is 1. The maximum Gasteiger partial charge on any atom is 0.490 e. The second-order valence-electron chi connectivity index (χ2n) is 8.05. The molecule has 2 heterocycles. The summed E-state index contributed by atoms with van der Waals surface area (Å²) in [7, 11) is 0. The number of hydrogen-bond donors (Lipinski definition) is 2. The highest BCUT2D eigenvalue weighted by Crippen LogP contribution is 2.14. The predicted octanol–water partition coefficient (Wildman–Crippen LogP) is 3.35. The van der Waals surface area contributed by atoms with Crippen molar-refractivity contribution in [1.82, 2.24) is 15.1 Å². The lowest BCUT2D eigenvalue weighted by Crippen LogP contribution is -2.43. The molecule has 0 aliphatic carbocycles. The van der Waals surface area contributed by atoms with Crippen LogP contribution in [0.15, 0.2) is 30.3 Å². The molecule has 1 amide bonds. The van der Waals surface area contributed by atoms with Crippen LogP contribution in [0.4, 0.5) is 18.0 Å². The van der Waals surface area contributed by atoms with Gasteiger partial charge in [-0.15, -0.1) is 0 Å². The van der Waals surface area contributed by atoms with Crippen molar-refractivity contribution in [3.05, 3.63) is 35.9 Å². The Labute approximate surface area is 186 Å². The minimum Gasteiger partial charge on any atom is -0.475 e. The van der Waals surface area contributed by atoms with Gasteiger partial charge in [0.1, 0.15) is 6.61 Å². The molecule has 1 aromatic carbocycles. The molecule has 10 heteroatoms. The molecule has 0 aromatic heterocycles. The number of aliphatic carboxylic acids is 1. The fourth-order valence-corrected chi connectivity index (χ4v) is 3.69. The third-order valence-electron chi connectivity index (χ3n) is 5.48. The normalized spacial score (nSPS) is 19.0. The zero-order valence-electron chi connectivity index (χ0n) is 18.1. The van der Waals surface area contributed by atoms with Crippen molar-refractivity contribution in [2.75, 3.05) is 45.8 Å². The minimum absolute atomic E-state index is 0.173. The third-order valence-corrected chi connectivity index (χ3v) is 5.48. The quantitative estimate of drug-likeness (QED) is 0.651. The largest absolute Gasteiger partial charge is 0.490 e. The maximum absolute atomic E-state index is 12.6. The highest BCUT2D eigenvalue weighted by Gasteiger charge is 2.38. The summed E-state index contributed by atoms with van der Waals surface area (Å²) in [4.78, 5) is 25.9. The number of piperidine rings is 1. The first-order chi connectivity index (χ1) is 15.3. The first-order valence-corrected chi connectivity index (χ1v) is 10.9. The zero-order chi connectivity index (χ0) is 23.4. The number of alkyl halides is 3. The third kappa shape index (κ3) is 9.86. The SMILES string of the molecule is O=C(O)C(F)(F)F.O=C(OCc1ccccc1)N(CCN1CCCCC1)CC1CCNC1. The van der Waals surface area contributed by atoms with E-state index in [9.17, 15) is 18.0 Å². The Balaban J connectivity index is 0.000000451. The van der Waals surface area contributed by atoms with Crippen molar-refractivity contribution in [1.29, 1.82) is 0 Å². The molecule has 7 nitrogen and oxygen atoms in total. The summed E-state index contributed by atoms with van der Waals surface area (Å²) in [6.07, 6.45) is -0.206. The first kappa shape index (κ1) is 25.9. The van der Waals surface area contributed by atoms with Gasteiger partial charge in [0, 0.05) is 19.6 Å². The van der Waals surface area contributed by atoms with E-state index in [0.717, 1.165) is 57.8 Å². The Morgan fingerprint density at radius 3 is 2.38 bits per heavy atom. The summed E-state index contributed by atoms with van der Waals surface area (Å²) in [5.74, 6) is -2.21. The lowest BCUT2D eigenvalue weighted by molar-refractivity contribution is -0.192. The van der Waals surface area contributed by atoms with E-state index in [0.29, 0.717) is 12.5 Å². The number of amides is 1. The molecule has 1 atom stereocenters. The number of nitrogens with one attached hydrogen (secondary N) is 1. The van der Waals surface area contributed by atoms with Gasteiger partial charge < -0.3 is 25.0 Å². The van der Waals surface area contributed by atoms with E-state index < -0.39 is 12.1 Å². The summed E-state index contributed by atoms with van der Waals surface area (Å²) < 4.78 is 37.3. The molecular weight excluding hydrogens is 427 g/mol. The Morgan fingerprint density at radius 1 is 1.16 bits per heavy atom. The molecule has 0 bridgehead atoms. The number of carbonyl (C=O) groups excluding carboxylic acids is 1. The number of hydrogen-bond acceptors (Lipinski definition) is 5. The molecule has 3 rings (SSSR count). The van der Waals surface area contributed by atoms with E-state index in [1.54, 1.807) is 0 Å². The van der Waals surface area contributed by atoms with Crippen LogP contribution in [0.5, 0.6) is 0 Å². The topological polar surface area (TPSA) is 82.1 Å². The number of ether oxygens (including phenoxy) is 1. The van der Waals surface area contributed by atoms with Gasteiger partial charge in [-0.2, -0.15) is 13.2 Å². The van der Waals surface area contributed by atoms with Gasteiger partial charge in [-0.1, -0.05) is 36.8 Å². The Kier molecular flexibility index (Phi) is 10.8. The predicted molar refractivity (Wildman–Crippen MR) is 113 cm³/mol. The Hall–Kier alpha value is -2.33. The second-order valence-corrected chi connectivity index (χ2v) is 8.05. The molecule has 2 fully saturated rings. The number of carboxylic acid groups (broad SMARTS) is 1. The molecule has 0 radical (unpaired) electrons. The van der Waals surface area contributed by atoms with Crippen LogP contribution < -0.4 is 5.32 Å². The van der Waals surface area contributed by atoms with Crippen LogP contribution in [0.3, 0.4) is 0 Å². The number of carbonyl (C=O) groups is 2. The van der Waals surface area contributed by atoms with Crippen LogP contribution in [-0.4, -0.2) is 79.0 Å². The van der Waals surface area contributed by atoms with Gasteiger partial charge in [-0.05, 0) is 56.9 Å². The van der Waals surface area contributed by atoms with Crippen LogP contribution in [0.1, 0.15) is 31.2 Å². The van der Waals surface area contributed by atoms with E-state index >= 15 is 0 Å². The van der Waals surface area contributed by atoms with Gasteiger partial charge >= 0.3 is 18.2 Å². The van der Waals surface area contributed by atoms with Gasteiger partial charge in [0.05, 0.1) is 0 Å². The van der Waals surface area contributed by atoms with E-state index in [2.05, 4.69) is 10.2 Å². The number of benzene rings is 1. The standard InChI is InChI=1S/C20H31N3O2.C2HF3O2/c24-20(25-17-18-7-3-1-4-8-18)23(16-19-9-10-21-15-19)14-13-22-11-5-2-6-12-22;3-2(4,5)1(6)7/h1,3-4,7-8,19,21H,2,5-6,9-17H2;(H,6,7). The molecule has 2 aliphatic heterocycles. The van der Waals surface area contributed by atoms with E-state index in [1.165, 1.54) is 19.3 Å². The van der Waals surface area contributed by atoms with Crippen LogP contribution >= 0.6 is 0 Å². The molecule has 2 saturated heterocycles. The Bertz CT molecular complexity index is 691. The van der Waals surface area contributed by atoms with Crippen molar-refractivity contribution < 1.29 is 32.6 Å². The van der Waals surface area contributed by atoms with Crippen molar-refractivity contribution in [3.8, 4) is 0 Å². The molecule has 32 heavy (non-hydrogen) atoms. The first-order valence-electron chi connectivity index (χ1n) is 10.9. The van der Waals surface area contributed by atoms with Crippen LogP contribution in [-0.2, 0) is 16.1 Å². The summed E-state index contributed by atoms with van der Waals surface area (Å²) in [6.45, 7) is 7.27. The Morgan fingerprint density at radius 2 is 1.81 bits per heavy atom. The monoisotopic (exact) mass is 459 g/mol. The summed E-state index contributed by atoms with van der Waals surface area (Å²) in [6, 6.07) is 9.91.